The summed E-state index contributed by atoms with van der Waals surface area (Å²) in [5, 5.41) is 9.36. The Morgan fingerprint density at radius 3 is 2.00 bits per heavy atom. The van der Waals surface area contributed by atoms with Gasteiger partial charge in [-0.15, -0.1) is 0 Å². The second-order valence-corrected chi connectivity index (χ2v) is 11.8. The van der Waals surface area contributed by atoms with Crippen LogP contribution in [0, 0.1) is 0 Å². The van der Waals surface area contributed by atoms with Crippen LogP contribution in [0.2, 0.25) is 16.6 Å². The molecule has 1 fully saturated rings. The minimum atomic E-state index is -1.84. The molecule has 2 atom stereocenters. The van der Waals surface area contributed by atoms with Crippen LogP contribution in [0.15, 0.2) is 0 Å². The first-order chi connectivity index (χ1) is 8.36. The van der Waals surface area contributed by atoms with Crippen molar-refractivity contribution in [1.82, 2.24) is 0 Å². The minimum absolute atomic E-state index is 0.0728. The number of aliphatic hydroxyl groups is 1. The van der Waals surface area contributed by atoms with Gasteiger partial charge in [0.05, 0.1) is 12.7 Å². The second-order valence-electron chi connectivity index (χ2n) is 6.35. The Bertz CT molecular complexity index is 232. The highest BCUT2D eigenvalue weighted by molar-refractivity contribution is 6.77. The van der Waals surface area contributed by atoms with E-state index in [1.165, 1.54) is 0 Å². The van der Waals surface area contributed by atoms with Crippen molar-refractivity contribution < 1.29 is 14.3 Å². The summed E-state index contributed by atoms with van der Waals surface area (Å²) in [6.45, 7) is 14.5. The highest BCUT2D eigenvalue weighted by Gasteiger charge is 2.48. The molecule has 108 valence electrons. The van der Waals surface area contributed by atoms with Crippen LogP contribution < -0.4 is 0 Å². The second kappa shape index (κ2) is 6.50. The van der Waals surface area contributed by atoms with Crippen molar-refractivity contribution >= 4 is 8.32 Å². The van der Waals surface area contributed by atoms with E-state index in [1.807, 2.05) is 0 Å². The van der Waals surface area contributed by atoms with Gasteiger partial charge in [-0.3, -0.25) is 0 Å². The number of aliphatic hydroxyl groups excluding tert-OH is 1. The monoisotopic (exact) mass is 274 g/mol. The summed E-state index contributed by atoms with van der Waals surface area (Å²) in [7, 11) is -1.84. The van der Waals surface area contributed by atoms with Crippen molar-refractivity contribution in [2.24, 2.45) is 0 Å². The van der Waals surface area contributed by atoms with E-state index in [-0.39, 0.29) is 18.8 Å². The first-order valence-electron chi connectivity index (χ1n) is 7.26. The van der Waals surface area contributed by atoms with Crippen LogP contribution in [0.5, 0.6) is 0 Å². The molecular formula is C14H30O3Si. The van der Waals surface area contributed by atoms with E-state index in [0.717, 1.165) is 6.42 Å². The molecule has 0 bridgehead atoms. The molecule has 0 aliphatic carbocycles. The molecule has 3 nitrogen and oxygen atoms in total. The summed E-state index contributed by atoms with van der Waals surface area (Å²) in [5.41, 5.74) is 1.74. The van der Waals surface area contributed by atoms with Crippen LogP contribution in [0.1, 0.15) is 48.0 Å². The largest absolute Gasteiger partial charge is 0.410 e. The molecule has 0 spiro atoms. The molecule has 0 unspecified atom stereocenters. The van der Waals surface area contributed by atoms with Gasteiger partial charge >= 0.3 is 0 Å². The van der Waals surface area contributed by atoms with Gasteiger partial charge in [-0.1, -0.05) is 41.5 Å². The average molecular weight is 274 g/mol. The van der Waals surface area contributed by atoms with E-state index in [9.17, 15) is 5.11 Å². The molecule has 0 aromatic carbocycles. The van der Waals surface area contributed by atoms with Crippen molar-refractivity contribution in [3.05, 3.63) is 0 Å². The molecule has 0 saturated carbocycles. The van der Waals surface area contributed by atoms with Crippen molar-refractivity contribution in [2.75, 3.05) is 13.2 Å². The molecule has 18 heavy (non-hydrogen) atoms. The number of rotatable bonds is 6. The lowest BCUT2D eigenvalue weighted by atomic mass is 10.2. The molecule has 0 aromatic heterocycles. The van der Waals surface area contributed by atoms with Gasteiger partial charge in [0.25, 0.3) is 0 Å². The number of hydrogen-bond donors (Lipinski definition) is 1. The Balaban J connectivity index is 2.90. The summed E-state index contributed by atoms with van der Waals surface area (Å²) in [5.74, 6) is 0. The van der Waals surface area contributed by atoms with E-state index in [2.05, 4.69) is 41.5 Å². The first kappa shape index (κ1) is 16.2. The highest BCUT2D eigenvalue weighted by atomic mass is 28.4. The third-order valence-corrected chi connectivity index (χ3v) is 10.5. The van der Waals surface area contributed by atoms with Gasteiger partial charge in [0.15, 0.2) is 0 Å². The fourth-order valence-electron chi connectivity index (χ4n) is 3.60. The van der Waals surface area contributed by atoms with E-state index in [1.54, 1.807) is 0 Å². The average Bonchev–Trinajstić information content (AvgIpc) is 2.71. The fourth-order valence-corrected chi connectivity index (χ4v) is 9.21. The van der Waals surface area contributed by atoms with Crippen LogP contribution in [0.25, 0.3) is 0 Å². The van der Waals surface area contributed by atoms with E-state index in [4.69, 9.17) is 9.16 Å². The summed E-state index contributed by atoms with van der Waals surface area (Å²) in [4.78, 5) is 0. The fraction of sp³-hybridized carbons (Fsp3) is 1.00. The Kier molecular flexibility index (Phi) is 5.84. The molecular weight excluding hydrogens is 244 g/mol. The summed E-state index contributed by atoms with van der Waals surface area (Å²) >= 11 is 0. The molecule has 0 radical (unpaired) electrons. The third kappa shape index (κ3) is 2.98. The molecule has 1 N–H and O–H groups in total. The lowest BCUT2D eigenvalue weighted by molar-refractivity contribution is 0.00710. The predicted molar refractivity (Wildman–Crippen MR) is 77.4 cm³/mol. The van der Waals surface area contributed by atoms with Crippen LogP contribution in [0.4, 0.5) is 0 Å². The Hall–Kier alpha value is 0.0969. The Morgan fingerprint density at radius 2 is 1.61 bits per heavy atom. The van der Waals surface area contributed by atoms with Crippen molar-refractivity contribution in [2.45, 2.75) is 76.8 Å². The highest BCUT2D eigenvalue weighted by Crippen LogP contribution is 2.44. The van der Waals surface area contributed by atoms with Crippen LogP contribution >= 0.6 is 0 Å². The lowest BCUT2D eigenvalue weighted by Gasteiger charge is -2.44. The summed E-state index contributed by atoms with van der Waals surface area (Å²) < 4.78 is 12.2. The standard InChI is InChI=1S/C14H30O3Si/c1-10(2)18(11(3)4,12(5)6)17-13-7-8-16-14(13)9-15/h10-15H,7-9H2,1-6H3/t13-,14+/m0/s1. The normalized spacial score (nSPS) is 25.7. The van der Waals surface area contributed by atoms with Gasteiger partial charge in [0.2, 0.25) is 8.32 Å². The maximum absolute atomic E-state index is 9.36. The molecule has 1 saturated heterocycles. The molecule has 1 rings (SSSR count). The van der Waals surface area contributed by atoms with Crippen molar-refractivity contribution in [1.29, 1.82) is 0 Å². The van der Waals surface area contributed by atoms with Crippen LogP contribution in [-0.4, -0.2) is 38.8 Å². The smallest absolute Gasteiger partial charge is 0.200 e. The van der Waals surface area contributed by atoms with Gasteiger partial charge in [0.1, 0.15) is 6.10 Å². The van der Waals surface area contributed by atoms with Gasteiger partial charge in [-0.25, -0.2) is 0 Å². The lowest BCUT2D eigenvalue weighted by Crippen LogP contribution is -2.51. The Labute approximate surface area is 113 Å². The zero-order valence-electron chi connectivity index (χ0n) is 12.8. The minimum Gasteiger partial charge on any atom is -0.410 e. The first-order valence-corrected chi connectivity index (χ1v) is 9.40. The van der Waals surface area contributed by atoms with Gasteiger partial charge in [-0.05, 0) is 23.0 Å². The van der Waals surface area contributed by atoms with Gasteiger partial charge in [-0.2, -0.15) is 0 Å². The van der Waals surface area contributed by atoms with E-state index < -0.39 is 8.32 Å². The van der Waals surface area contributed by atoms with Crippen LogP contribution in [0.3, 0.4) is 0 Å². The zero-order chi connectivity index (χ0) is 13.9. The summed E-state index contributed by atoms with van der Waals surface area (Å²) in [6.07, 6.45) is 0.897. The van der Waals surface area contributed by atoms with Crippen LogP contribution in [-0.2, 0) is 9.16 Å². The zero-order valence-corrected chi connectivity index (χ0v) is 13.8. The molecule has 0 amide bonds. The molecule has 4 heteroatoms. The molecule has 1 aliphatic rings. The maximum atomic E-state index is 9.36. The van der Waals surface area contributed by atoms with E-state index >= 15 is 0 Å². The molecule has 0 aromatic rings. The number of hydrogen-bond acceptors (Lipinski definition) is 3. The van der Waals surface area contributed by atoms with E-state index in [0.29, 0.717) is 23.2 Å². The van der Waals surface area contributed by atoms with Crippen molar-refractivity contribution in [3.63, 3.8) is 0 Å². The number of ether oxygens (including phenoxy) is 1. The van der Waals surface area contributed by atoms with Gasteiger partial charge < -0.3 is 14.3 Å². The predicted octanol–water partition coefficient (Wildman–Crippen LogP) is 3.33. The quantitative estimate of drug-likeness (QED) is 0.755. The van der Waals surface area contributed by atoms with Gasteiger partial charge in [0, 0.05) is 6.61 Å². The SMILES string of the molecule is CC(C)[Si](O[C@H]1CCO[C@@H]1CO)(C(C)C)C(C)C. The summed E-state index contributed by atoms with van der Waals surface area (Å²) in [6, 6.07) is 0. The maximum Gasteiger partial charge on any atom is 0.200 e. The molecule has 1 aliphatic heterocycles. The molecule has 1 heterocycles. The van der Waals surface area contributed by atoms with Crippen molar-refractivity contribution in [3.8, 4) is 0 Å². The topological polar surface area (TPSA) is 38.7 Å². The third-order valence-electron chi connectivity index (χ3n) is 4.39. The Morgan fingerprint density at radius 1 is 1.11 bits per heavy atom.